The maximum absolute atomic E-state index is 12.9. The van der Waals surface area contributed by atoms with E-state index in [1.165, 1.54) is 0 Å². The van der Waals surface area contributed by atoms with Crippen molar-refractivity contribution >= 4 is 38.4 Å². The number of ether oxygens (including phenoxy) is 1. The van der Waals surface area contributed by atoms with Crippen molar-refractivity contribution in [3.63, 3.8) is 0 Å². The van der Waals surface area contributed by atoms with Gasteiger partial charge in [0.15, 0.2) is 0 Å². The van der Waals surface area contributed by atoms with Crippen molar-refractivity contribution in [3.8, 4) is 5.75 Å². The van der Waals surface area contributed by atoms with Crippen LogP contribution in [0, 0.1) is 0 Å². The van der Waals surface area contributed by atoms with Crippen LogP contribution in [-0.4, -0.2) is 45.0 Å². The minimum atomic E-state index is -3.52. The first-order valence-electron chi connectivity index (χ1n) is 6.68. The molecule has 2 aliphatic rings. The van der Waals surface area contributed by atoms with Crippen LogP contribution in [0.3, 0.4) is 0 Å². The number of halogens is 2. The molecule has 0 bridgehead atoms. The van der Waals surface area contributed by atoms with Crippen molar-refractivity contribution in [2.24, 2.45) is 0 Å². The van der Waals surface area contributed by atoms with Gasteiger partial charge in [0.1, 0.15) is 10.6 Å². The van der Waals surface area contributed by atoms with Crippen LogP contribution in [0.5, 0.6) is 5.75 Å². The van der Waals surface area contributed by atoms with E-state index in [0.29, 0.717) is 32.0 Å². The van der Waals surface area contributed by atoms with Gasteiger partial charge in [0, 0.05) is 42.1 Å². The zero-order valence-corrected chi connectivity index (χ0v) is 14.9. The zero-order chi connectivity index (χ0) is 14.3. The lowest BCUT2D eigenvalue weighted by atomic mass is 10.2. The second-order valence-corrected chi connectivity index (χ2v) is 7.93. The molecule has 0 spiro atoms. The molecular weight excluding hydrogens is 380 g/mol. The molecule has 0 aliphatic carbocycles. The topological polar surface area (TPSA) is 58.6 Å². The Morgan fingerprint density at radius 3 is 2.90 bits per heavy atom. The molecule has 21 heavy (non-hydrogen) atoms. The molecule has 1 saturated heterocycles. The van der Waals surface area contributed by atoms with Gasteiger partial charge in [-0.15, -0.1) is 12.4 Å². The number of hydrogen-bond acceptors (Lipinski definition) is 4. The Bertz CT molecular complexity index is 639. The van der Waals surface area contributed by atoms with E-state index in [9.17, 15) is 8.42 Å². The van der Waals surface area contributed by atoms with Gasteiger partial charge in [-0.05, 0) is 19.1 Å². The number of benzene rings is 1. The monoisotopic (exact) mass is 396 g/mol. The highest BCUT2D eigenvalue weighted by Gasteiger charge is 2.35. The Kier molecular flexibility index (Phi) is 5.20. The van der Waals surface area contributed by atoms with Crippen molar-refractivity contribution in [2.45, 2.75) is 24.3 Å². The molecule has 1 N–H and O–H groups in total. The molecule has 2 aliphatic heterocycles. The number of nitrogens with one attached hydrogen (secondary N) is 1. The number of sulfonamides is 1. The smallest absolute Gasteiger partial charge is 0.247 e. The van der Waals surface area contributed by atoms with Gasteiger partial charge in [-0.25, -0.2) is 8.42 Å². The largest absolute Gasteiger partial charge is 0.492 e. The molecule has 1 fully saturated rings. The first-order chi connectivity index (χ1) is 9.50. The van der Waals surface area contributed by atoms with Gasteiger partial charge in [0.25, 0.3) is 0 Å². The van der Waals surface area contributed by atoms with Crippen LogP contribution in [0.1, 0.15) is 12.5 Å². The lowest BCUT2D eigenvalue weighted by Crippen LogP contribution is -2.52. The average Bonchev–Trinajstić information content (AvgIpc) is 2.85. The number of hydrogen-bond donors (Lipinski definition) is 1. The highest BCUT2D eigenvalue weighted by atomic mass is 79.9. The van der Waals surface area contributed by atoms with Crippen LogP contribution in [0.2, 0.25) is 0 Å². The molecule has 1 aromatic carbocycles. The molecule has 0 saturated carbocycles. The van der Waals surface area contributed by atoms with E-state index in [1.807, 2.05) is 13.0 Å². The maximum atomic E-state index is 12.9. The summed E-state index contributed by atoms with van der Waals surface area (Å²) in [5, 5.41) is 3.21. The van der Waals surface area contributed by atoms with Crippen LogP contribution >= 0.6 is 28.3 Å². The number of nitrogens with zero attached hydrogens (tertiary/aromatic N) is 1. The van der Waals surface area contributed by atoms with Gasteiger partial charge in [-0.3, -0.25) is 0 Å². The standard InChI is InChI=1S/C13H17BrN2O3S.ClH/c1-9-8-15-3-4-16(9)20(17,18)12-7-11(14)6-10-2-5-19-13(10)12;/h6-7,9,15H,2-5,8H2,1H3;1H. The van der Waals surface area contributed by atoms with Crippen LogP contribution < -0.4 is 10.1 Å². The fraction of sp³-hybridized carbons (Fsp3) is 0.538. The summed E-state index contributed by atoms with van der Waals surface area (Å²) >= 11 is 3.40. The lowest BCUT2D eigenvalue weighted by molar-refractivity contribution is 0.282. The van der Waals surface area contributed by atoms with Crippen LogP contribution in [-0.2, 0) is 16.4 Å². The first kappa shape index (κ1) is 17.0. The summed E-state index contributed by atoms with van der Waals surface area (Å²) in [5.74, 6) is 0.527. The summed E-state index contributed by atoms with van der Waals surface area (Å²) in [6.07, 6.45) is 0.758. The van der Waals surface area contributed by atoms with Crippen molar-refractivity contribution in [1.82, 2.24) is 9.62 Å². The Hall–Kier alpha value is -0.340. The highest BCUT2D eigenvalue weighted by molar-refractivity contribution is 9.10. The Balaban J connectivity index is 0.00000161. The third kappa shape index (κ3) is 3.07. The molecule has 3 rings (SSSR count). The van der Waals surface area contributed by atoms with Gasteiger partial charge in [-0.1, -0.05) is 15.9 Å². The van der Waals surface area contributed by atoms with E-state index in [2.05, 4.69) is 21.2 Å². The number of piperazine rings is 1. The van der Waals surface area contributed by atoms with E-state index in [-0.39, 0.29) is 23.3 Å². The molecule has 8 heteroatoms. The van der Waals surface area contributed by atoms with E-state index >= 15 is 0 Å². The summed E-state index contributed by atoms with van der Waals surface area (Å²) in [6, 6.07) is 3.53. The number of fused-ring (bicyclic) bond motifs is 1. The summed E-state index contributed by atoms with van der Waals surface area (Å²) in [7, 11) is -3.52. The fourth-order valence-corrected chi connectivity index (χ4v) is 5.22. The van der Waals surface area contributed by atoms with Crippen molar-refractivity contribution in [2.75, 3.05) is 26.2 Å². The second-order valence-electron chi connectivity index (χ2n) is 5.16. The Labute approximate surface area is 139 Å². The molecule has 1 aromatic rings. The van der Waals surface area contributed by atoms with E-state index in [1.54, 1.807) is 10.4 Å². The van der Waals surface area contributed by atoms with E-state index in [0.717, 1.165) is 16.5 Å². The van der Waals surface area contributed by atoms with Gasteiger partial charge in [0.2, 0.25) is 10.0 Å². The minimum Gasteiger partial charge on any atom is -0.492 e. The molecule has 5 nitrogen and oxygen atoms in total. The van der Waals surface area contributed by atoms with Crippen LogP contribution in [0.15, 0.2) is 21.5 Å². The maximum Gasteiger partial charge on any atom is 0.247 e. The average molecular weight is 398 g/mol. The van der Waals surface area contributed by atoms with Crippen molar-refractivity contribution in [3.05, 3.63) is 22.2 Å². The molecule has 0 aromatic heterocycles. The fourth-order valence-electron chi connectivity index (χ4n) is 2.73. The molecule has 1 atom stereocenters. The van der Waals surface area contributed by atoms with Gasteiger partial charge in [-0.2, -0.15) is 4.31 Å². The second kappa shape index (κ2) is 6.42. The third-order valence-corrected chi connectivity index (χ3v) is 6.22. The van der Waals surface area contributed by atoms with E-state index < -0.39 is 10.0 Å². The predicted octanol–water partition coefficient (Wildman–Crippen LogP) is 1.79. The van der Waals surface area contributed by atoms with Crippen LogP contribution in [0.25, 0.3) is 0 Å². The molecule has 0 amide bonds. The van der Waals surface area contributed by atoms with Gasteiger partial charge < -0.3 is 10.1 Å². The minimum absolute atomic E-state index is 0. The van der Waals surface area contributed by atoms with Crippen LogP contribution in [0.4, 0.5) is 0 Å². The molecule has 1 unspecified atom stereocenters. The highest BCUT2D eigenvalue weighted by Crippen LogP contribution is 2.37. The molecule has 0 radical (unpaired) electrons. The van der Waals surface area contributed by atoms with Crippen molar-refractivity contribution in [1.29, 1.82) is 0 Å². The first-order valence-corrected chi connectivity index (χ1v) is 8.91. The molecule has 118 valence electrons. The molecular formula is C13H18BrClN2O3S. The lowest BCUT2D eigenvalue weighted by Gasteiger charge is -2.33. The SMILES string of the molecule is CC1CNCCN1S(=O)(=O)c1cc(Br)cc2c1OCC2.Cl. The third-order valence-electron chi connectivity index (χ3n) is 3.74. The normalized spacial score (nSPS) is 22.3. The zero-order valence-electron chi connectivity index (χ0n) is 11.6. The molecule has 2 heterocycles. The van der Waals surface area contributed by atoms with Crippen molar-refractivity contribution < 1.29 is 13.2 Å². The van der Waals surface area contributed by atoms with E-state index in [4.69, 9.17) is 4.74 Å². The summed E-state index contributed by atoms with van der Waals surface area (Å²) in [5.41, 5.74) is 0.959. The predicted molar refractivity (Wildman–Crippen MR) is 86.8 cm³/mol. The summed E-state index contributed by atoms with van der Waals surface area (Å²) < 4.78 is 33.7. The Morgan fingerprint density at radius 2 is 2.19 bits per heavy atom. The van der Waals surface area contributed by atoms with Gasteiger partial charge in [0.05, 0.1) is 6.61 Å². The summed E-state index contributed by atoms with van der Waals surface area (Å²) in [4.78, 5) is 0.285. The quantitative estimate of drug-likeness (QED) is 0.826. The van der Waals surface area contributed by atoms with Gasteiger partial charge >= 0.3 is 0 Å². The number of rotatable bonds is 2. The summed E-state index contributed by atoms with van der Waals surface area (Å²) in [6.45, 7) is 4.32. The Morgan fingerprint density at radius 1 is 1.43 bits per heavy atom.